The number of aryl methyl sites for hydroxylation is 1. The topological polar surface area (TPSA) is 93.2 Å². The van der Waals surface area contributed by atoms with E-state index in [9.17, 15) is 4.79 Å². The van der Waals surface area contributed by atoms with Gasteiger partial charge in [-0.1, -0.05) is 5.21 Å². The molecule has 0 radical (unpaired) electrons. The van der Waals surface area contributed by atoms with Crippen LogP contribution in [0.1, 0.15) is 22.5 Å². The van der Waals surface area contributed by atoms with Crippen LogP contribution >= 0.6 is 0 Å². The van der Waals surface area contributed by atoms with E-state index in [0.717, 1.165) is 19.5 Å². The van der Waals surface area contributed by atoms with Crippen LogP contribution in [0.15, 0.2) is 29.1 Å². The van der Waals surface area contributed by atoms with E-state index >= 15 is 0 Å². The number of furan rings is 1. The summed E-state index contributed by atoms with van der Waals surface area (Å²) < 4.78 is 6.85. The van der Waals surface area contributed by atoms with Crippen molar-refractivity contribution in [1.29, 1.82) is 0 Å². The van der Waals surface area contributed by atoms with Crippen molar-refractivity contribution in [1.82, 2.24) is 20.3 Å². The maximum Gasteiger partial charge on any atom is 0.339 e. The highest BCUT2D eigenvalue weighted by atomic mass is 16.4. The van der Waals surface area contributed by atoms with Gasteiger partial charge in [0.25, 0.3) is 0 Å². The second-order valence-corrected chi connectivity index (χ2v) is 3.76. The molecule has 0 saturated carbocycles. The molecular formula is C11H14N4O3. The maximum atomic E-state index is 10.8. The molecule has 96 valence electrons. The summed E-state index contributed by atoms with van der Waals surface area (Å²) in [6.07, 6.45) is 5.70. The van der Waals surface area contributed by atoms with Crippen LogP contribution < -0.4 is 5.32 Å². The molecule has 18 heavy (non-hydrogen) atoms. The van der Waals surface area contributed by atoms with Gasteiger partial charge in [0, 0.05) is 12.7 Å². The summed E-state index contributed by atoms with van der Waals surface area (Å²) >= 11 is 0. The molecule has 7 nitrogen and oxygen atoms in total. The Kier molecular flexibility index (Phi) is 4.08. The van der Waals surface area contributed by atoms with Crippen LogP contribution in [0.25, 0.3) is 0 Å². The number of aromatic carboxylic acids is 1. The van der Waals surface area contributed by atoms with Gasteiger partial charge in [0.15, 0.2) is 0 Å². The van der Waals surface area contributed by atoms with Crippen LogP contribution in [0.5, 0.6) is 0 Å². The predicted octanol–water partition coefficient (Wildman–Crippen LogP) is 0.749. The Hall–Kier alpha value is -2.15. The van der Waals surface area contributed by atoms with Gasteiger partial charge in [-0.2, -0.15) is 0 Å². The van der Waals surface area contributed by atoms with Gasteiger partial charge >= 0.3 is 5.97 Å². The number of rotatable bonds is 7. The minimum atomic E-state index is -0.969. The zero-order valence-electron chi connectivity index (χ0n) is 9.74. The molecule has 2 heterocycles. The Labute approximate surface area is 103 Å². The maximum absolute atomic E-state index is 10.8. The Morgan fingerprint density at radius 1 is 1.56 bits per heavy atom. The van der Waals surface area contributed by atoms with Gasteiger partial charge in [-0.05, 0) is 19.0 Å². The van der Waals surface area contributed by atoms with Crippen molar-refractivity contribution in [2.75, 3.05) is 6.54 Å². The molecule has 2 rings (SSSR count). The molecule has 0 amide bonds. The molecule has 0 bridgehead atoms. The number of nitrogens with zero attached hydrogens (tertiary/aromatic N) is 3. The average molecular weight is 250 g/mol. The molecule has 0 saturated heterocycles. The van der Waals surface area contributed by atoms with Crippen molar-refractivity contribution in [2.45, 2.75) is 19.5 Å². The van der Waals surface area contributed by atoms with E-state index in [0.29, 0.717) is 12.3 Å². The Balaban J connectivity index is 1.69. The van der Waals surface area contributed by atoms with Gasteiger partial charge in [0.1, 0.15) is 11.3 Å². The Bertz CT molecular complexity index is 492. The second kappa shape index (κ2) is 5.97. The highest BCUT2D eigenvalue weighted by molar-refractivity contribution is 5.88. The van der Waals surface area contributed by atoms with E-state index in [1.807, 2.05) is 0 Å². The van der Waals surface area contributed by atoms with Crippen molar-refractivity contribution in [3.05, 3.63) is 36.0 Å². The molecule has 7 heteroatoms. The van der Waals surface area contributed by atoms with Gasteiger partial charge in [0.05, 0.1) is 19.0 Å². The average Bonchev–Trinajstić information content (AvgIpc) is 2.98. The van der Waals surface area contributed by atoms with Gasteiger partial charge in [-0.15, -0.1) is 5.10 Å². The number of carbonyl (C=O) groups is 1. The van der Waals surface area contributed by atoms with Gasteiger partial charge in [-0.3, -0.25) is 4.68 Å². The normalized spacial score (nSPS) is 10.7. The summed E-state index contributed by atoms with van der Waals surface area (Å²) in [7, 11) is 0. The minimum Gasteiger partial charge on any atom is -0.478 e. The lowest BCUT2D eigenvalue weighted by molar-refractivity contribution is 0.0694. The molecule has 0 aliphatic rings. The molecule has 2 aromatic heterocycles. The molecular weight excluding hydrogens is 236 g/mol. The molecule has 0 fully saturated rings. The van der Waals surface area contributed by atoms with Crippen molar-refractivity contribution < 1.29 is 14.3 Å². The number of carboxylic acid groups (broad SMARTS) is 1. The number of carboxylic acids is 1. The summed E-state index contributed by atoms with van der Waals surface area (Å²) in [5.74, 6) is -0.522. The third kappa shape index (κ3) is 3.17. The zero-order chi connectivity index (χ0) is 12.8. The number of aromatic nitrogens is 3. The Morgan fingerprint density at radius 3 is 3.17 bits per heavy atom. The van der Waals surface area contributed by atoms with Crippen LogP contribution in [0, 0.1) is 0 Å². The van der Waals surface area contributed by atoms with Gasteiger partial charge in [0.2, 0.25) is 0 Å². The van der Waals surface area contributed by atoms with E-state index in [-0.39, 0.29) is 5.56 Å². The van der Waals surface area contributed by atoms with Crippen molar-refractivity contribution >= 4 is 5.97 Å². The first-order valence-corrected chi connectivity index (χ1v) is 5.62. The monoisotopic (exact) mass is 250 g/mol. The number of hydrogen-bond acceptors (Lipinski definition) is 5. The summed E-state index contributed by atoms with van der Waals surface area (Å²) in [5, 5.41) is 19.6. The first-order chi connectivity index (χ1) is 8.77. The smallest absolute Gasteiger partial charge is 0.339 e. The summed E-state index contributed by atoms with van der Waals surface area (Å²) in [5.41, 5.74) is 0.207. The SMILES string of the molecule is O=C(O)c1ccoc1CNCCCn1ccnn1. The Morgan fingerprint density at radius 2 is 2.44 bits per heavy atom. The molecule has 0 atom stereocenters. The largest absolute Gasteiger partial charge is 0.478 e. The molecule has 0 aromatic carbocycles. The molecule has 0 aliphatic heterocycles. The molecule has 0 aliphatic carbocycles. The zero-order valence-corrected chi connectivity index (χ0v) is 9.74. The summed E-state index contributed by atoms with van der Waals surface area (Å²) in [4.78, 5) is 10.8. The van der Waals surface area contributed by atoms with Crippen molar-refractivity contribution in [3.63, 3.8) is 0 Å². The number of nitrogens with one attached hydrogen (secondary N) is 1. The van der Waals surface area contributed by atoms with Crippen LogP contribution in [0.3, 0.4) is 0 Å². The molecule has 2 aromatic rings. The van der Waals surface area contributed by atoms with E-state index in [1.54, 1.807) is 17.1 Å². The van der Waals surface area contributed by atoms with Crippen LogP contribution in [-0.2, 0) is 13.1 Å². The highest BCUT2D eigenvalue weighted by Crippen LogP contribution is 2.09. The lowest BCUT2D eigenvalue weighted by Crippen LogP contribution is -2.17. The summed E-state index contributed by atoms with van der Waals surface area (Å²) in [6, 6.07) is 1.45. The highest BCUT2D eigenvalue weighted by Gasteiger charge is 2.12. The lowest BCUT2D eigenvalue weighted by Gasteiger charge is -2.03. The first-order valence-electron chi connectivity index (χ1n) is 5.62. The third-order valence-electron chi connectivity index (χ3n) is 2.47. The van der Waals surface area contributed by atoms with Crippen LogP contribution in [-0.4, -0.2) is 32.6 Å². The van der Waals surface area contributed by atoms with Gasteiger partial charge < -0.3 is 14.8 Å². The molecule has 0 spiro atoms. The minimum absolute atomic E-state index is 0.207. The van der Waals surface area contributed by atoms with E-state index in [2.05, 4.69) is 15.6 Å². The van der Waals surface area contributed by atoms with Crippen LogP contribution in [0.2, 0.25) is 0 Å². The summed E-state index contributed by atoms with van der Waals surface area (Å²) in [6.45, 7) is 1.93. The fourth-order valence-corrected chi connectivity index (χ4v) is 1.59. The third-order valence-corrected chi connectivity index (χ3v) is 2.47. The lowest BCUT2D eigenvalue weighted by atomic mass is 10.2. The van der Waals surface area contributed by atoms with E-state index < -0.39 is 5.97 Å². The second-order valence-electron chi connectivity index (χ2n) is 3.76. The molecule has 0 unspecified atom stereocenters. The van der Waals surface area contributed by atoms with Gasteiger partial charge in [-0.25, -0.2) is 4.79 Å². The fourth-order valence-electron chi connectivity index (χ4n) is 1.59. The quantitative estimate of drug-likeness (QED) is 0.704. The molecule has 2 N–H and O–H groups in total. The fraction of sp³-hybridized carbons (Fsp3) is 0.364. The predicted molar refractivity (Wildman–Crippen MR) is 62.0 cm³/mol. The van der Waals surface area contributed by atoms with Crippen molar-refractivity contribution in [3.8, 4) is 0 Å². The van der Waals surface area contributed by atoms with Crippen LogP contribution in [0.4, 0.5) is 0 Å². The van der Waals surface area contributed by atoms with Crippen molar-refractivity contribution in [2.24, 2.45) is 0 Å². The standard InChI is InChI=1S/C11H14N4O3/c16-11(17)9-2-7-18-10(9)8-12-3-1-5-15-6-4-13-14-15/h2,4,6-7,12H,1,3,5,8H2,(H,16,17). The number of hydrogen-bond donors (Lipinski definition) is 2. The van der Waals surface area contributed by atoms with E-state index in [1.165, 1.54) is 12.3 Å². The van der Waals surface area contributed by atoms with E-state index in [4.69, 9.17) is 9.52 Å². The first kappa shape index (κ1) is 12.3.